The Labute approximate surface area is 169 Å². The fraction of sp³-hybridized carbons (Fsp3) is 0.632. The van der Waals surface area contributed by atoms with Crippen molar-refractivity contribution in [2.75, 3.05) is 39.4 Å². The SMILES string of the molecule is O=C1CO[C@H]2CCN(C(=O)N3CC(COc4cc(C(F)(F)F)cc(F)n4)C3)C[C@H]2C1. The molecule has 7 nitrogen and oxygen atoms in total. The van der Waals surface area contributed by atoms with Gasteiger partial charge in [-0.2, -0.15) is 22.5 Å². The van der Waals surface area contributed by atoms with Crippen molar-refractivity contribution in [3.8, 4) is 5.88 Å². The van der Waals surface area contributed by atoms with Crippen LogP contribution in [0.15, 0.2) is 12.1 Å². The zero-order valence-electron chi connectivity index (χ0n) is 16.0. The van der Waals surface area contributed by atoms with Gasteiger partial charge in [0.1, 0.15) is 6.61 Å². The van der Waals surface area contributed by atoms with Crippen LogP contribution in [0.2, 0.25) is 0 Å². The number of aromatic nitrogens is 1. The Kier molecular flexibility index (Phi) is 5.56. The van der Waals surface area contributed by atoms with Crippen LogP contribution >= 0.6 is 0 Å². The highest BCUT2D eigenvalue weighted by atomic mass is 19.4. The molecule has 0 radical (unpaired) electrons. The maximum atomic E-state index is 13.3. The number of likely N-dealkylation sites (tertiary alicyclic amines) is 2. The molecule has 164 valence electrons. The van der Waals surface area contributed by atoms with Gasteiger partial charge in [-0.3, -0.25) is 4.79 Å². The Morgan fingerprint density at radius 3 is 2.73 bits per heavy atom. The van der Waals surface area contributed by atoms with E-state index in [1.165, 1.54) is 0 Å². The first-order valence-electron chi connectivity index (χ1n) is 9.74. The normalized spacial score (nSPS) is 25.0. The topological polar surface area (TPSA) is 72.0 Å². The zero-order chi connectivity index (χ0) is 21.5. The number of nitrogens with zero attached hydrogens (tertiary/aromatic N) is 3. The predicted octanol–water partition coefficient (Wildman–Crippen LogP) is 2.35. The molecule has 4 rings (SSSR count). The number of hydrogen-bond acceptors (Lipinski definition) is 5. The maximum Gasteiger partial charge on any atom is 0.416 e. The van der Waals surface area contributed by atoms with Gasteiger partial charge in [-0.25, -0.2) is 4.79 Å². The van der Waals surface area contributed by atoms with Crippen molar-refractivity contribution in [3.63, 3.8) is 0 Å². The van der Waals surface area contributed by atoms with Gasteiger partial charge in [0.25, 0.3) is 0 Å². The lowest BCUT2D eigenvalue weighted by Crippen LogP contribution is -2.59. The largest absolute Gasteiger partial charge is 0.477 e. The first kappa shape index (κ1) is 20.8. The highest BCUT2D eigenvalue weighted by molar-refractivity contribution is 5.81. The van der Waals surface area contributed by atoms with E-state index in [1.807, 2.05) is 0 Å². The number of urea groups is 1. The molecule has 2 amide bonds. The summed E-state index contributed by atoms with van der Waals surface area (Å²) in [5.74, 6) is -1.71. The van der Waals surface area contributed by atoms with Crippen LogP contribution < -0.4 is 4.74 Å². The molecule has 2 atom stereocenters. The molecule has 1 aromatic rings. The third-order valence-electron chi connectivity index (χ3n) is 5.68. The maximum absolute atomic E-state index is 13.3. The van der Waals surface area contributed by atoms with E-state index in [9.17, 15) is 27.2 Å². The first-order chi connectivity index (χ1) is 14.2. The van der Waals surface area contributed by atoms with Crippen LogP contribution in [0.3, 0.4) is 0 Å². The van der Waals surface area contributed by atoms with Crippen molar-refractivity contribution in [3.05, 3.63) is 23.6 Å². The lowest BCUT2D eigenvalue weighted by Gasteiger charge is -2.45. The number of carbonyl (C=O) groups excluding carboxylic acids is 2. The molecule has 0 N–H and O–H groups in total. The van der Waals surface area contributed by atoms with Gasteiger partial charge >= 0.3 is 12.2 Å². The summed E-state index contributed by atoms with van der Waals surface area (Å²) in [6.07, 6.45) is -3.56. The number of alkyl halides is 3. The van der Waals surface area contributed by atoms with Crippen LogP contribution in [0.4, 0.5) is 22.4 Å². The molecule has 30 heavy (non-hydrogen) atoms. The number of Topliss-reactive ketones (excluding diaryl/α,β-unsaturated/α-hetero) is 1. The second-order valence-corrected chi connectivity index (χ2v) is 7.97. The molecular weight excluding hydrogens is 410 g/mol. The van der Waals surface area contributed by atoms with Crippen LogP contribution in [0.5, 0.6) is 5.88 Å². The lowest BCUT2D eigenvalue weighted by molar-refractivity contribution is -0.140. The summed E-state index contributed by atoms with van der Waals surface area (Å²) in [4.78, 5) is 30.9. The van der Waals surface area contributed by atoms with E-state index >= 15 is 0 Å². The monoisotopic (exact) mass is 431 g/mol. The number of ether oxygens (including phenoxy) is 2. The number of pyridine rings is 1. The minimum atomic E-state index is -4.69. The Hall–Kier alpha value is -2.43. The van der Waals surface area contributed by atoms with Crippen molar-refractivity contribution in [2.24, 2.45) is 11.8 Å². The van der Waals surface area contributed by atoms with Crippen molar-refractivity contribution >= 4 is 11.8 Å². The summed E-state index contributed by atoms with van der Waals surface area (Å²) in [7, 11) is 0. The van der Waals surface area contributed by atoms with Gasteiger partial charge in [0.15, 0.2) is 5.78 Å². The van der Waals surface area contributed by atoms with Gasteiger partial charge in [-0.05, 0) is 6.42 Å². The highest BCUT2D eigenvalue weighted by Gasteiger charge is 2.40. The summed E-state index contributed by atoms with van der Waals surface area (Å²) < 4.78 is 62.3. The van der Waals surface area contributed by atoms with E-state index in [2.05, 4.69) is 4.98 Å². The molecule has 3 fully saturated rings. The fourth-order valence-corrected chi connectivity index (χ4v) is 4.10. The summed E-state index contributed by atoms with van der Waals surface area (Å²) >= 11 is 0. The molecule has 4 heterocycles. The van der Waals surface area contributed by atoms with E-state index in [0.29, 0.717) is 51.2 Å². The summed E-state index contributed by atoms with van der Waals surface area (Å²) in [5, 5.41) is 0. The number of rotatable bonds is 3. The van der Waals surface area contributed by atoms with Crippen LogP contribution in [-0.2, 0) is 15.7 Å². The van der Waals surface area contributed by atoms with Gasteiger partial charge in [0, 0.05) is 56.6 Å². The molecule has 0 bridgehead atoms. The highest BCUT2D eigenvalue weighted by Crippen LogP contribution is 2.32. The summed E-state index contributed by atoms with van der Waals surface area (Å²) in [6, 6.07) is 0.832. The number of hydrogen-bond donors (Lipinski definition) is 0. The molecule has 0 saturated carbocycles. The number of ketones is 1. The van der Waals surface area contributed by atoms with Crippen molar-refractivity contribution in [1.82, 2.24) is 14.8 Å². The predicted molar refractivity (Wildman–Crippen MR) is 94.2 cm³/mol. The van der Waals surface area contributed by atoms with E-state index in [1.54, 1.807) is 9.80 Å². The number of carbonyl (C=O) groups is 2. The van der Waals surface area contributed by atoms with Crippen LogP contribution in [-0.4, -0.2) is 72.1 Å². The molecule has 0 aromatic carbocycles. The quantitative estimate of drug-likeness (QED) is 0.543. The van der Waals surface area contributed by atoms with E-state index < -0.39 is 23.6 Å². The Morgan fingerprint density at radius 1 is 1.23 bits per heavy atom. The fourth-order valence-electron chi connectivity index (χ4n) is 4.10. The van der Waals surface area contributed by atoms with Crippen molar-refractivity contribution in [1.29, 1.82) is 0 Å². The average molecular weight is 431 g/mol. The standard InChI is InChI=1S/C19H21F4N3O4/c20-16-4-13(19(21,22)23)5-17(24-16)30-9-11-6-26(7-11)18(28)25-2-1-15-12(8-25)3-14(27)10-29-15/h4-5,11-12,15H,1-3,6-10H2/t12-,15+/m1/s1. The molecule has 0 spiro atoms. The number of piperidine rings is 1. The van der Waals surface area contributed by atoms with E-state index in [-0.39, 0.29) is 43.0 Å². The van der Waals surface area contributed by atoms with Gasteiger partial charge in [-0.15, -0.1) is 0 Å². The molecule has 3 aliphatic rings. The first-order valence-corrected chi connectivity index (χ1v) is 9.74. The molecule has 0 unspecified atom stereocenters. The van der Waals surface area contributed by atoms with Crippen LogP contribution in [0, 0.1) is 17.8 Å². The van der Waals surface area contributed by atoms with Gasteiger partial charge in [0.05, 0.1) is 18.3 Å². The molecule has 1 aromatic heterocycles. The summed E-state index contributed by atoms with van der Waals surface area (Å²) in [5.41, 5.74) is -1.16. The summed E-state index contributed by atoms with van der Waals surface area (Å²) in [6.45, 7) is 1.98. The molecule has 0 aliphatic carbocycles. The number of amides is 2. The lowest BCUT2D eigenvalue weighted by atomic mass is 9.88. The average Bonchev–Trinajstić information content (AvgIpc) is 2.64. The van der Waals surface area contributed by atoms with Crippen molar-refractivity contribution < 1.29 is 36.6 Å². The smallest absolute Gasteiger partial charge is 0.416 e. The van der Waals surface area contributed by atoms with E-state index in [0.717, 1.165) is 0 Å². The van der Waals surface area contributed by atoms with Crippen LogP contribution in [0.1, 0.15) is 18.4 Å². The third-order valence-corrected chi connectivity index (χ3v) is 5.68. The Bertz CT molecular complexity index is 828. The minimum Gasteiger partial charge on any atom is -0.477 e. The molecule has 11 heteroatoms. The molecular formula is C19H21F4N3O4. The minimum absolute atomic E-state index is 0.0182. The van der Waals surface area contributed by atoms with Crippen molar-refractivity contribution in [2.45, 2.75) is 25.1 Å². The molecule has 3 aliphatic heterocycles. The Morgan fingerprint density at radius 2 is 2.00 bits per heavy atom. The van der Waals surface area contributed by atoms with Gasteiger partial charge < -0.3 is 19.3 Å². The number of halogens is 4. The zero-order valence-corrected chi connectivity index (χ0v) is 16.0. The Balaban J connectivity index is 1.25. The van der Waals surface area contributed by atoms with E-state index in [4.69, 9.17) is 9.47 Å². The van der Waals surface area contributed by atoms with Gasteiger partial charge in [0.2, 0.25) is 11.8 Å². The molecule has 3 saturated heterocycles. The number of fused-ring (bicyclic) bond motifs is 1. The van der Waals surface area contributed by atoms with Gasteiger partial charge in [-0.1, -0.05) is 0 Å². The second-order valence-electron chi connectivity index (χ2n) is 7.97. The third kappa shape index (κ3) is 4.50. The van der Waals surface area contributed by atoms with Crippen LogP contribution in [0.25, 0.3) is 0 Å². The second kappa shape index (κ2) is 8.01.